The molecule has 0 radical (unpaired) electrons. The summed E-state index contributed by atoms with van der Waals surface area (Å²) < 4.78 is 38.1. The van der Waals surface area contributed by atoms with Gasteiger partial charge in [-0.1, -0.05) is 15.9 Å². The maximum Gasteiger partial charge on any atom is 0.261 e. The molecule has 2 aromatic rings. The monoisotopic (exact) mass is 371 g/mol. The molecular weight excluding hydrogens is 358 g/mol. The quantitative estimate of drug-likeness (QED) is 0.875. The predicted octanol–water partition coefficient (Wildman–Crippen LogP) is 3.27. The van der Waals surface area contributed by atoms with Gasteiger partial charge in [0.05, 0.1) is 24.8 Å². The maximum atomic E-state index is 12.3. The number of halogens is 1. The SMILES string of the molecule is COc1cc(NS(=O)(=O)c2ccc(Br)cc2)cc(OC)c1. The molecule has 0 aromatic heterocycles. The van der Waals surface area contributed by atoms with Crippen LogP contribution in [0.5, 0.6) is 11.5 Å². The molecule has 0 amide bonds. The van der Waals surface area contributed by atoms with Gasteiger partial charge >= 0.3 is 0 Å². The molecule has 1 N–H and O–H groups in total. The second-order valence-electron chi connectivity index (χ2n) is 4.16. The topological polar surface area (TPSA) is 64.6 Å². The number of benzene rings is 2. The lowest BCUT2D eigenvalue weighted by atomic mass is 10.3. The fourth-order valence-corrected chi connectivity index (χ4v) is 3.00. The van der Waals surface area contributed by atoms with E-state index < -0.39 is 10.0 Å². The first-order valence-electron chi connectivity index (χ1n) is 5.96. The molecule has 0 heterocycles. The Bertz CT molecular complexity index is 707. The number of hydrogen-bond donors (Lipinski definition) is 1. The minimum Gasteiger partial charge on any atom is -0.497 e. The van der Waals surface area contributed by atoms with E-state index >= 15 is 0 Å². The lowest BCUT2D eigenvalue weighted by Gasteiger charge is -2.11. The Hall–Kier alpha value is -1.73. The average Bonchev–Trinajstić information content (AvgIpc) is 2.46. The van der Waals surface area contributed by atoms with E-state index in [0.29, 0.717) is 17.2 Å². The summed E-state index contributed by atoms with van der Waals surface area (Å²) in [5.74, 6) is 1.01. The number of sulfonamides is 1. The molecule has 2 aromatic carbocycles. The standard InChI is InChI=1S/C14H14BrNO4S/c1-19-12-7-11(8-13(9-12)20-2)16-21(17,18)14-5-3-10(15)4-6-14/h3-9,16H,1-2H3. The number of ether oxygens (including phenoxy) is 2. The number of nitrogens with one attached hydrogen (secondary N) is 1. The van der Waals surface area contributed by atoms with Gasteiger partial charge in [-0.15, -0.1) is 0 Å². The zero-order valence-electron chi connectivity index (χ0n) is 11.5. The first-order chi connectivity index (χ1) is 9.94. The molecule has 0 aliphatic heterocycles. The van der Waals surface area contributed by atoms with Gasteiger partial charge in [0, 0.05) is 22.7 Å². The summed E-state index contributed by atoms with van der Waals surface area (Å²) in [7, 11) is -0.658. The Morgan fingerprint density at radius 1 is 0.952 bits per heavy atom. The first kappa shape index (κ1) is 15.7. The smallest absolute Gasteiger partial charge is 0.261 e. The Kier molecular flexibility index (Phi) is 4.74. The third-order valence-electron chi connectivity index (χ3n) is 2.73. The van der Waals surface area contributed by atoms with E-state index in [0.717, 1.165) is 4.47 Å². The molecule has 0 fully saturated rings. The molecule has 112 valence electrons. The van der Waals surface area contributed by atoms with Crippen LogP contribution in [-0.2, 0) is 10.0 Å². The molecule has 0 aliphatic rings. The third kappa shape index (κ3) is 3.89. The molecule has 0 atom stereocenters. The number of anilines is 1. The van der Waals surface area contributed by atoms with E-state index in [1.54, 1.807) is 30.3 Å². The molecule has 2 rings (SSSR count). The van der Waals surface area contributed by atoms with E-state index in [1.807, 2.05) is 0 Å². The van der Waals surface area contributed by atoms with Crippen molar-refractivity contribution in [2.24, 2.45) is 0 Å². The third-order valence-corrected chi connectivity index (χ3v) is 4.65. The summed E-state index contributed by atoms with van der Waals surface area (Å²) >= 11 is 3.27. The van der Waals surface area contributed by atoms with Gasteiger partial charge in [-0.25, -0.2) is 8.42 Å². The maximum absolute atomic E-state index is 12.3. The first-order valence-corrected chi connectivity index (χ1v) is 8.23. The van der Waals surface area contributed by atoms with E-state index in [-0.39, 0.29) is 4.90 Å². The van der Waals surface area contributed by atoms with Gasteiger partial charge in [-0.3, -0.25) is 4.72 Å². The van der Waals surface area contributed by atoms with Crippen LogP contribution in [-0.4, -0.2) is 22.6 Å². The summed E-state index contributed by atoms with van der Waals surface area (Å²) in [6.45, 7) is 0. The van der Waals surface area contributed by atoms with E-state index in [2.05, 4.69) is 20.7 Å². The van der Waals surface area contributed by atoms with Crippen molar-refractivity contribution in [3.63, 3.8) is 0 Å². The molecule has 5 nitrogen and oxygen atoms in total. The highest BCUT2D eigenvalue weighted by Gasteiger charge is 2.15. The van der Waals surface area contributed by atoms with Crippen molar-refractivity contribution >= 4 is 31.6 Å². The lowest BCUT2D eigenvalue weighted by molar-refractivity contribution is 0.395. The Morgan fingerprint density at radius 3 is 1.95 bits per heavy atom. The summed E-state index contributed by atoms with van der Waals surface area (Å²) in [6.07, 6.45) is 0. The molecule has 0 bridgehead atoms. The fraction of sp³-hybridized carbons (Fsp3) is 0.143. The number of hydrogen-bond acceptors (Lipinski definition) is 4. The molecule has 0 saturated heterocycles. The zero-order valence-corrected chi connectivity index (χ0v) is 13.9. The van der Waals surface area contributed by atoms with Crippen LogP contribution in [0.15, 0.2) is 51.8 Å². The van der Waals surface area contributed by atoms with Gasteiger partial charge in [0.25, 0.3) is 10.0 Å². The molecule has 0 aliphatic carbocycles. The summed E-state index contributed by atoms with van der Waals surface area (Å²) in [5, 5.41) is 0. The van der Waals surface area contributed by atoms with E-state index in [4.69, 9.17) is 9.47 Å². The zero-order chi connectivity index (χ0) is 15.5. The fourth-order valence-electron chi connectivity index (χ4n) is 1.69. The average molecular weight is 372 g/mol. The van der Waals surface area contributed by atoms with Gasteiger partial charge in [0.15, 0.2) is 0 Å². The second-order valence-corrected chi connectivity index (χ2v) is 6.76. The van der Waals surface area contributed by atoms with Gasteiger partial charge in [0.1, 0.15) is 11.5 Å². The van der Waals surface area contributed by atoms with Crippen molar-refractivity contribution in [3.8, 4) is 11.5 Å². The minimum atomic E-state index is -3.66. The Morgan fingerprint density at radius 2 is 1.48 bits per heavy atom. The highest BCUT2D eigenvalue weighted by atomic mass is 79.9. The van der Waals surface area contributed by atoms with Crippen LogP contribution in [0.3, 0.4) is 0 Å². The minimum absolute atomic E-state index is 0.174. The van der Waals surface area contributed by atoms with E-state index in [9.17, 15) is 8.42 Å². The number of methoxy groups -OCH3 is 2. The predicted molar refractivity (Wildman–Crippen MR) is 84.5 cm³/mol. The Balaban J connectivity index is 2.34. The Labute approximate surface area is 132 Å². The second kappa shape index (κ2) is 6.36. The van der Waals surface area contributed by atoms with Crippen LogP contribution in [0.4, 0.5) is 5.69 Å². The van der Waals surface area contributed by atoms with Gasteiger partial charge in [-0.05, 0) is 24.3 Å². The van der Waals surface area contributed by atoms with Crippen LogP contribution in [0.2, 0.25) is 0 Å². The van der Waals surface area contributed by atoms with Gasteiger partial charge < -0.3 is 9.47 Å². The summed E-state index contributed by atoms with van der Waals surface area (Å²) in [5.41, 5.74) is 0.370. The molecule has 0 spiro atoms. The van der Waals surface area contributed by atoms with Crippen molar-refractivity contribution in [1.29, 1.82) is 0 Å². The van der Waals surface area contributed by atoms with Crippen LogP contribution in [0.1, 0.15) is 0 Å². The largest absolute Gasteiger partial charge is 0.497 e. The van der Waals surface area contributed by atoms with Crippen LogP contribution < -0.4 is 14.2 Å². The summed E-state index contributed by atoms with van der Waals surface area (Å²) in [4.78, 5) is 0.174. The van der Waals surface area contributed by atoms with Crippen LogP contribution >= 0.6 is 15.9 Å². The molecular formula is C14H14BrNO4S. The van der Waals surface area contributed by atoms with Crippen LogP contribution in [0.25, 0.3) is 0 Å². The van der Waals surface area contributed by atoms with Crippen LogP contribution in [0, 0.1) is 0 Å². The highest BCUT2D eigenvalue weighted by molar-refractivity contribution is 9.10. The van der Waals surface area contributed by atoms with Crippen molar-refractivity contribution in [1.82, 2.24) is 0 Å². The number of rotatable bonds is 5. The van der Waals surface area contributed by atoms with Crippen molar-refractivity contribution in [2.45, 2.75) is 4.90 Å². The van der Waals surface area contributed by atoms with Gasteiger partial charge in [-0.2, -0.15) is 0 Å². The highest BCUT2D eigenvalue weighted by Crippen LogP contribution is 2.27. The van der Waals surface area contributed by atoms with Crippen molar-refractivity contribution in [2.75, 3.05) is 18.9 Å². The van der Waals surface area contributed by atoms with Crippen molar-refractivity contribution in [3.05, 3.63) is 46.9 Å². The normalized spacial score (nSPS) is 11.0. The summed E-state index contributed by atoms with van der Waals surface area (Å²) in [6, 6.07) is 11.2. The molecule has 21 heavy (non-hydrogen) atoms. The van der Waals surface area contributed by atoms with E-state index in [1.165, 1.54) is 26.4 Å². The van der Waals surface area contributed by atoms with Crippen molar-refractivity contribution < 1.29 is 17.9 Å². The van der Waals surface area contributed by atoms with Gasteiger partial charge in [0.2, 0.25) is 0 Å². The molecule has 7 heteroatoms. The lowest BCUT2D eigenvalue weighted by Crippen LogP contribution is -2.13. The molecule has 0 saturated carbocycles. The molecule has 0 unspecified atom stereocenters.